The maximum atomic E-state index is 6.38. The van der Waals surface area contributed by atoms with E-state index < -0.39 is 0 Å². The third kappa shape index (κ3) is 3.18. The molecular weight excluding hydrogens is 268 g/mol. The maximum absolute atomic E-state index is 6.38. The van der Waals surface area contributed by atoms with Crippen molar-refractivity contribution in [2.45, 2.75) is 32.1 Å². The predicted molar refractivity (Wildman–Crippen MR) is 97.3 cm³/mol. The molecule has 0 aliphatic rings. The number of fused-ring (bicyclic) bond motifs is 1. The smallest absolute Gasteiger partial charge is 0.0119 e. The Bertz CT molecular complexity index is 600. The zero-order valence-corrected chi connectivity index (χ0v) is 14.5. The lowest BCUT2D eigenvalue weighted by atomic mass is 9.66. The van der Waals surface area contributed by atoms with Gasteiger partial charge in [0.05, 0.1) is 0 Å². The Balaban J connectivity index is 2.59. The molecule has 0 aliphatic carbocycles. The molecule has 2 atom stereocenters. The number of benzene rings is 2. The zero-order valence-electron chi connectivity index (χ0n) is 14.5. The first-order valence-corrected chi connectivity index (χ1v) is 8.38. The normalized spacial score (nSPS) is 15.9. The molecule has 0 aliphatic heterocycles. The predicted octanol–water partition coefficient (Wildman–Crippen LogP) is 4.03. The van der Waals surface area contributed by atoms with Crippen LogP contribution in [0.4, 0.5) is 0 Å². The summed E-state index contributed by atoms with van der Waals surface area (Å²) >= 11 is 0. The summed E-state index contributed by atoms with van der Waals surface area (Å²) in [5.41, 5.74) is 7.84. The summed E-state index contributed by atoms with van der Waals surface area (Å²) in [4.78, 5) is 2.26. The summed E-state index contributed by atoms with van der Waals surface area (Å²) in [6.07, 6.45) is 2.24. The second-order valence-electron chi connectivity index (χ2n) is 6.75. The topological polar surface area (TPSA) is 29.3 Å². The Labute approximate surface area is 135 Å². The van der Waals surface area contributed by atoms with Gasteiger partial charge < -0.3 is 10.6 Å². The van der Waals surface area contributed by atoms with Crippen LogP contribution in [-0.2, 0) is 5.41 Å². The van der Waals surface area contributed by atoms with E-state index in [1.165, 1.54) is 16.3 Å². The van der Waals surface area contributed by atoms with Gasteiger partial charge in [0, 0.05) is 12.0 Å². The second-order valence-corrected chi connectivity index (χ2v) is 6.75. The van der Waals surface area contributed by atoms with Crippen molar-refractivity contribution in [1.29, 1.82) is 0 Å². The van der Waals surface area contributed by atoms with E-state index in [0.717, 1.165) is 19.4 Å². The van der Waals surface area contributed by atoms with Crippen molar-refractivity contribution in [3.63, 3.8) is 0 Å². The fourth-order valence-electron chi connectivity index (χ4n) is 3.53. The van der Waals surface area contributed by atoms with Crippen molar-refractivity contribution < 1.29 is 0 Å². The van der Waals surface area contributed by atoms with Crippen LogP contribution in [0.15, 0.2) is 42.5 Å². The van der Waals surface area contributed by atoms with Crippen LogP contribution in [-0.4, -0.2) is 32.1 Å². The minimum atomic E-state index is 0.0416. The van der Waals surface area contributed by atoms with Crippen LogP contribution < -0.4 is 5.73 Å². The Morgan fingerprint density at radius 2 is 1.77 bits per heavy atom. The molecule has 0 fully saturated rings. The molecule has 0 bridgehead atoms. The van der Waals surface area contributed by atoms with Gasteiger partial charge in [-0.05, 0) is 49.3 Å². The van der Waals surface area contributed by atoms with Crippen molar-refractivity contribution in [2.24, 2.45) is 11.7 Å². The van der Waals surface area contributed by atoms with Gasteiger partial charge in [-0.3, -0.25) is 0 Å². The molecule has 2 aromatic carbocycles. The molecule has 0 spiro atoms. The van der Waals surface area contributed by atoms with E-state index in [1.54, 1.807) is 0 Å². The van der Waals surface area contributed by atoms with Gasteiger partial charge >= 0.3 is 0 Å². The molecule has 22 heavy (non-hydrogen) atoms. The molecule has 2 rings (SSSR count). The first-order chi connectivity index (χ1) is 10.5. The molecule has 0 heterocycles. The van der Waals surface area contributed by atoms with E-state index in [9.17, 15) is 0 Å². The molecule has 2 N–H and O–H groups in total. The molecule has 0 unspecified atom stereocenters. The lowest BCUT2D eigenvalue weighted by Crippen LogP contribution is -2.43. The van der Waals surface area contributed by atoms with E-state index in [-0.39, 0.29) is 5.41 Å². The summed E-state index contributed by atoms with van der Waals surface area (Å²) in [5, 5.41) is 2.67. The Morgan fingerprint density at radius 1 is 1.09 bits per heavy atom. The first kappa shape index (κ1) is 17.0. The van der Waals surface area contributed by atoms with Crippen LogP contribution in [0, 0.1) is 5.92 Å². The maximum Gasteiger partial charge on any atom is 0.0119 e. The van der Waals surface area contributed by atoms with E-state index in [2.05, 4.69) is 75.3 Å². The summed E-state index contributed by atoms with van der Waals surface area (Å²) in [5.74, 6) is 0.559. The highest BCUT2D eigenvalue weighted by Gasteiger charge is 2.36. The standard InChI is InChI=1S/C20H30N2/c1-5-16(2)20(15-21,13-14-22(3)4)19-12-8-10-17-9-6-7-11-18(17)19/h6-12,16H,5,13-15,21H2,1-4H3/t16-,20+/m1/s1. The Hall–Kier alpha value is -1.38. The van der Waals surface area contributed by atoms with Crippen LogP contribution in [0.3, 0.4) is 0 Å². The molecule has 0 aromatic heterocycles. The minimum absolute atomic E-state index is 0.0416. The average Bonchev–Trinajstić information content (AvgIpc) is 2.55. The quantitative estimate of drug-likeness (QED) is 0.836. The number of hydrogen-bond acceptors (Lipinski definition) is 2. The number of rotatable bonds is 7. The molecule has 2 nitrogen and oxygen atoms in total. The Kier molecular flexibility index (Phi) is 5.60. The summed E-state index contributed by atoms with van der Waals surface area (Å²) < 4.78 is 0. The number of nitrogens with zero attached hydrogens (tertiary/aromatic N) is 1. The van der Waals surface area contributed by atoms with E-state index in [0.29, 0.717) is 12.5 Å². The van der Waals surface area contributed by atoms with Crippen LogP contribution in [0.25, 0.3) is 10.8 Å². The molecule has 0 radical (unpaired) electrons. The molecule has 0 saturated carbocycles. The van der Waals surface area contributed by atoms with Gasteiger partial charge in [-0.25, -0.2) is 0 Å². The molecule has 2 heteroatoms. The van der Waals surface area contributed by atoms with Crippen LogP contribution in [0.2, 0.25) is 0 Å². The van der Waals surface area contributed by atoms with Crippen LogP contribution in [0.5, 0.6) is 0 Å². The van der Waals surface area contributed by atoms with E-state index in [4.69, 9.17) is 5.73 Å². The molecular formula is C20H30N2. The van der Waals surface area contributed by atoms with Crippen molar-refractivity contribution in [3.8, 4) is 0 Å². The summed E-state index contributed by atoms with van der Waals surface area (Å²) in [7, 11) is 4.28. The zero-order chi connectivity index (χ0) is 16.2. The SMILES string of the molecule is CC[C@@H](C)[C@@](CN)(CCN(C)C)c1cccc2ccccc12. The summed E-state index contributed by atoms with van der Waals surface area (Å²) in [6, 6.07) is 15.4. The molecule has 0 amide bonds. The van der Waals surface area contributed by atoms with Crippen LogP contribution >= 0.6 is 0 Å². The minimum Gasteiger partial charge on any atom is -0.330 e. The highest BCUT2D eigenvalue weighted by atomic mass is 15.0. The highest BCUT2D eigenvalue weighted by Crippen LogP contribution is 2.40. The van der Waals surface area contributed by atoms with Crippen molar-refractivity contribution in [1.82, 2.24) is 4.90 Å². The van der Waals surface area contributed by atoms with E-state index in [1.807, 2.05) is 0 Å². The van der Waals surface area contributed by atoms with Gasteiger partial charge in [-0.15, -0.1) is 0 Å². The van der Waals surface area contributed by atoms with Crippen molar-refractivity contribution in [2.75, 3.05) is 27.2 Å². The number of hydrogen-bond donors (Lipinski definition) is 1. The second kappa shape index (κ2) is 7.26. The van der Waals surface area contributed by atoms with Gasteiger partial charge in [0.15, 0.2) is 0 Å². The lowest BCUT2D eigenvalue weighted by molar-refractivity contribution is 0.236. The van der Waals surface area contributed by atoms with Crippen molar-refractivity contribution >= 4 is 10.8 Å². The average molecular weight is 298 g/mol. The largest absolute Gasteiger partial charge is 0.330 e. The van der Waals surface area contributed by atoms with Gasteiger partial charge in [-0.2, -0.15) is 0 Å². The van der Waals surface area contributed by atoms with Gasteiger partial charge in [0.25, 0.3) is 0 Å². The fraction of sp³-hybridized carbons (Fsp3) is 0.500. The fourth-order valence-corrected chi connectivity index (χ4v) is 3.53. The third-order valence-corrected chi connectivity index (χ3v) is 5.25. The molecule has 120 valence electrons. The van der Waals surface area contributed by atoms with Gasteiger partial charge in [-0.1, -0.05) is 62.7 Å². The monoisotopic (exact) mass is 298 g/mol. The van der Waals surface area contributed by atoms with Gasteiger partial charge in [0.1, 0.15) is 0 Å². The Morgan fingerprint density at radius 3 is 2.41 bits per heavy atom. The summed E-state index contributed by atoms with van der Waals surface area (Å²) in [6.45, 7) is 6.38. The number of nitrogens with two attached hydrogens (primary N) is 1. The van der Waals surface area contributed by atoms with Gasteiger partial charge in [0.2, 0.25) is 0 Å². The molecule has 2 aromatic rings. The lowest BCUT2D eigenvalue weighted by Gasteiger charge is -2.40. The van der Waals surface area contributed by atoms with E-state index >= 15 is 0 Å². The molecule has 0 saturated heterocycles. The third-order valence-electron chi connectivity index (χ3n) is 5.25. The highest BCUT2D eigenvalue weighted by molar-refractivity contribution is 5.86. The first-order valence-electron chi connectivity index (χ1n) is 8.38. The van der Waals surface area contributed by atoms with Crippen LogP contribution in [0.1, 0.15) is 32.3 Å². The van der Waals surface area contributed by atoms with Crippen molar-refractivity contribution in [3.05, 3.63) is 48.0 Å².